The van der Waals surface area contributed by atoms with Crippen LogP contribution in [0.15, 0.2) is 17.8 Å². The van der Waals surface area contributed by atoms with Crippen molar-refractivity contribution < 1.29 is 18.0 Å². The zero-order valence-electron chi connectivity index (χ0n) is 5.14. The summed E-state index contributed by atoms with van der Waals surface area (Å²) < 4.78 is 35.3. The molecular weight excluding hydrogens is 159 g/mol. The fourth-order valence-electron chi connectivity index (χ4n) is 0.532. The molecule has 0 bridgehead atoms. The van der Waals surface area contributed by atoms with Gasteiger partial charge in [0.1, 0.15) is 0 Å². The Labute approximate surface area is 60.4 Å². The molecule has 1 aliphatic heterocycles. The van der Waals surface area contributed by atoms with E-state index in [1.165, 1.54) is 0 Å². The molecule has 0 N–H and O–H groups in total. The first kappa shape index (κ1) is 7.84. The van der Waals surface area contributed by atoms with E-state index >= 15 is 0 Å². The number of carbonyl (C=O) groups excluding carboxylic acids is 1. The molecule has 0 fully saturated rings. The van der Waals surface area contributed by atoms with Crippen LogP contribution in [0.3, 0.4) is 0 Å². The van der Waals surface area contributed by atoms with E-state index in [1.54, 1.807) is 0 Å². The van der Waals surface area contributed by atoms with Crippen molar-refractivity contribution in [3.63, 3.8) is 0 Å². The highest BCUT2D eigenvalue weighted by atomic mass is 19.4. The highest BCUT2D eigenvalue weighted by Gasteiger charge is 2.33. The van der Waals surface area contributed by atoms with Crippen LogP contribution in [0.25, 0.3) is 0 Å². The SMILES string of the molecule is O=C1C=C(C(F)(F)F)[C]=C[N]1. The second-order valence-electron chi connectivity index (χ2n) is 1.80. The van der Waals surface area contributed by atoms with Crippen LogP contribution in [-0.2, 0) is 4.79 Å². The molecule has 2 radical (unpaired) electrons. The van der Waals surface area contributed by atoms with Gasteiger partial charge in [-0.15, -0.1) is 0 Å². The van der Waals surface area contributed by atoms with Gasteiger partial charge in [-0.05, 0) is 0 Å². The van der Waals surface area contributed by atoms with Gasteiger partial charge in [-0.3, -0.25) is 4.79 Å². The molecule has 1 aliphatic rings. The summed E-state index contributed by atoms with van der Waals surface area (Å²) in [5, 5.41) is 3.04. The highest BCUT2D eigenvalue weighted by molar-refractivity contribution is 5.90. The maximum absolute atomic E-state index is 11.8. The Balaban J connectivity index is 2.88. The molecule has 0 spiro atoms. The second-order valence-corrected chi connectivity index (χ2v) is 1.80. The second kappa shape index (κ2) is 2.41. The van der Waals surface area contributed by atoms with Crippen molar-refractivity contribution in [1.29, 1.82) is 0 Å². The van der Waals surface area contributed by atoms with Gasteiger partial charge in [-0.1, -0.05) is 0 Å². The number of rotatable bonds is 0. The lowest BCUT2D eigenvalue weighted by Crippen LogP contribution is -2.18. The molecule has 1 amide bonds. The van der Waals surface area contributed by atoms with Crippen molar-refractivity contribution in [2.24, 2.45) is 0 Å². The van der Waals surface area contributed by atoms with Gasteiger partial charge in [0, 0.05) is 18.4 Å². The summed E-state index contributed by atoms with van der Waals surface area (Å²) in [5.74, 6) is -0.906. The highest BCUT2D eigenvalue weighted by Crippen LogP contribution is 2.26. The zero-order valence-corrected chi connectivity index (χ0v) is 5.14. The summed E-state index contributed by atoms with van der Waals surface area (Å²) in [6, 6.07) is 0. The van der Waals surface area contributed by atoms with Crippen LogP contribution in [0.1, 0.15) is 0 Å². The molecule has 0 aromatic rings. The molecule has 0 atom stereocenters. The molecule has 1 rings (SSSR count). The fraction of sp³-hybridized carbons (Fsp3) is 0.167. The molecule has 0 saturated carbocycles. The third-order valence-electron chi connectivity index (χ3n) is 0.985. The lowest BCUT2D eigenvalue weighted by Gasteiger charge is -2.08. The van der Waals surface area contributed by atoms with Crippen molar-refractivity contribution in [3.8, 4) is 0 Å². The predicted molar refractivity (Wildman–Crippen MR) is 29.1 cm³/mol. The largest absolute Gasteiger partial charge is 0.417 e. The van der Waals surface area contributed by atoms with Crippen LogP contribution >= 0.6 is 0 Å². The number of halogens is 3. The number of amides is 1. The quantitative estimate of drug-likeness (QED) is 0.520. The minimum absolute atomic E-state index is 0.403. The van der Waals surface area contributed by atoms with Gasteiger partial charge in [0.2, 0.25) is 0 Å². The minimum atomic E-state index is -4.51. The molecule has 0 aliphatic carbocycles. The average Bonchev–Trinajstić information content (AvgIpc) is 1.86. The standard InChI is InChI=1S/C6H2F3NO/c7-6(8,9)4-1-2-10-5(11)3-4/h2-3H. The van der Waals surface area contributed by atoms with Crippen LogP contribution in [0.4, 0.5) is 13.2 Å². The van der Waals surface area contributed by atoms with Crippen LogP contribution in [-0.4, -0.2) is 12.1 Å². The molecule has 0 saturated heterocycles. The van der Waals surface area contributed by atoms with Crippen LogP contribution in [0, 0.1) is 6.08 Å². The Morgan fingerprint density at radius 3 is 2.45 bits per heavy atom. The summed E-state index contributed by atoms with van der Waals surface area (Å²) in [6.45, 7) is 0. The summed E-state index contributed by atoms with van der Waals surface area (Å²) in [7, 11) is 0. The molecule has 0 aromatic heterocycles. The van der Waals surface area contributed by atoms with Crippen LogP contribution < -0.4 is 5.32 Å². The predicted octanol–water partition coefficient (Wildman–Crippen LogP) is 0.937. The van der Waals surface area contributed by atoms with Gasteiger partial charge >= 0.3 is 6.18 Å². The molecule has 0 unspecified atom stereocenters. The van der Waals surface area contributed by atoms with Gasteiger partial charge in [-0.2, -0.15) is 13.2 Å². The summed E-state index contributed by atoms with van der Waals surface area (Å²) in [4.78, 5) is 10.3. The van der Waals surface area contributed by atoms with E-state index in [4.69, 9.17) is 0 Å². The molecule has 11 heavy (non-hydrogen) atoms. The van der Waals surface area contributed by atoms with E-state index in [1.807, 2.05) is 6.08 Å². The number of hydrogen-bond donors (Lipinski definition) is 0. The lowest BCUT2D eigenvalue weighted by molar-refractivity contribution is -0.117. The zero-order chi connectivity index (χ0) is 8.48. The molecule has 5 heteroatoms. The summed E-state index contributed by atoms with van der Waals surface area (Å²) >= 11 is 0. The van der Waals surface area contributed by atoms with E-state index in [9.17, 15) is 18.0 Å². The van der Waals surface area contributed by atoms with Crippen molar-refractivity contribution in [1.82, 2.24) is 5.32 Å². The van der Waals surface area contributed by atoms with Crippen LogP contribution in [0.5, 0.6) is 0 Å². The minimum Gasteiger partial charge on any atom is -0.267 e. The van der Waals surface area contributed by atoms with E-state index in [2.05, 4.69) is 5.32 Å². The third kappa shape index (κ3) is 1.83. The first-order valence-electron chi connectivity index (χ1n) is 2.62. The smallest absolute Gasteiger partial charge is 0.267 e. The normalized spacial score (nSPS) is 17.7. The number of alkyl halides is 3. The van der Waals surface area contributed by atoms with Crippen molar-refractivity contribution in [3.05, 3.63) is 23.9 Å². The van der Waals surface area contributed by atoms with Gasteiger partial charge in [0.15, 0.2) is 0 Å². The van der Waals surface area contributed by atoms with Crippen LogP contribution in [0.2, 0.25) is 0 Å². The molecule has 2 nitrogen and oxygen atoms in total. The van der Waals surface area contributed by atoms with Crippen molar-refractivity contribution in [2.45, 2.75) is 6.18 Å². The Bertz CT molecular complexity index is 239. The van der Waals surface area contributed by atoms with Gasteiger partial charge in [-0.25, -0.2) is 5.32 Å². The van der Waals surface area contributed by atoms with Crippen molar-refractivity contribution in [2.75, 3.05) is 0 Å². The maximum Gasteiger partial charge on any atom is 0.417 e. The Morgan fingerprint density at radius 2 is 2.09 bits per heavy atom. The van der Waals surface area contributed by atoms with E-state index in [-0.39, 0.29) is 0 Å². The topological polar surface area (TPSA) is 31.2 Å². The molecular formula is C6H2F3NO. The number of hydrogen-bond acceptors (Lipinski definition) is 1. The monoisotopic (exact) mass is 161 g/mol. The molecule has 1 heterocycles. The van der Waals surface area contributed by atoms with E-state index in [0.717, 1.165) is 0 Å². The van der Waals surface area contributed by atoms with E-state index < -0.39 is 17.7 Å². The van der Waals surface area contributed by atoms with Crippen molar-refractivity contribution >= 4 is 5.91 Å². The number of carbonyl (C=O) groups is 1. The number of nitrogens with zero attached hydrogens (tertiary/aromatic N) is 1. The maximum atomic E-state index is 11.8. The molecule has 58 valence electrons. The number of allylic oxidation sites excluding steroid dienone is 2. The first-order chi connectivity index (χ1) is 5.00. The fourth-order valence-corrected chi connectivity index (χ4v) is 0.532. The average molecular weight is 161 g/mol. The Morgan fingerprint density at radius 1 is 1.45 bits per heavy atom. The lowest BCUT2D eigenvalue weighted by atomic mass is 10.2. The van der Waals surface area contributed by atoms with Gasteiger partial charge in [0.05, 0.1) is 5.57 Å². The Kier molecular flexibility index (Phi) is 1.72. The van der Waals surface area contributed by atoms with E-state index in [0.29, 0.717) is 12.3 Å². The summed E-state index contributed by atoms with van der Waals surface area (Å²) in [5.41, 5.74) is -1.09. The summed E-state index contributed by atoms with van der Waals surface area (Å²) in [6.07, 6.45) is -1.58. The van der Waals surface area contributed by atoms with Gasteiger partial charge < -0.3 is 0 Å². The molecule has 0 aromatic carbocycles. The van der Waals surface area contributed by atoms with Gasteiger partial charge in [0.25, 0.3) is 5.91 Å². The Hall–Kier alpha value is -1.26. The third-order valence-corrected chi connectivity index (χ3v) is 0.985. The first-order valence-corrected chi connectivity index (χ1v) is 2.62.